The van der Waals surface area contributed by atoms with Gasteiger partial charge in [0.2, 0.25) is 0 Å². The number of rotatable bonds is 5. The van der Waals surface area contributed by atoms with Crippen LogP contribution in [0.2, 0.25) is 0 Å². The van der Waals surface area contributed by atoms with Gasteiger partial charge in [0, 0.05) is 24.4 Å². The molecule has 0 N–H and O–H groups in total. The van der Waals surface area contributed by atoms with E-state index in [1.165, 1.54) is 35.0 Å². The van der Waals surface area contributed by atoms with E-state index in [1.807, 2.05) is 6.92 Å². The van der Waals surface area contributed by atoms with Crippen molar-refractivity contribution < 1.29 is 8.78 Å². The van der Waals surface area contributed by atoms with E-state index in [9.17, 15) is 18.4 Å². The van der Waals surface area contributed by atoms with Gasteiger partial charge in [0.05, 0.1) is 6.54 Å². The quantitative estimate of drug-likeness (QED) is 0.848. The molecule has 2 rings (SSSR count). The Morgan fingerprint density at radius 3 is 2.38 bits per heavy atom. The zero-order valence-corrected chi connectivity index (χ0v) is 11.6. The second-order valence-electron chi connectivity index (χ2n) is 4.79. The van der Waals surface area contributed by atoms with Gasteiger partial charge in [-0.3, -0.25) is 9.36 Å². The molecule has 0 radical (unpaired) electrons. The van der Waals surface area contributed by atoms with E-state index in [4.69, 9.17) is 0 Å². The third-order valence-electron chi connectivity index (χ3n) is 3.16. The second kappa shape index (κ2) is 6.03. The van der Waals surface area contributed by atoms with Crippen LogP contribution >= 0.6 is 0 Å². The van der Waals surface area contributed by atoms with Crippen molar-refractivity contribution in [2.45, 2.75) is 32.4 Å². The Morgan fingerprint density at radius 2 is 1.76 bits per heavy atom. The molecule has 2 aromatic rings. The Hall–Kier alpha value is -2.24. The lowest BCUT2D eigenvalue weighted by Gasteiger charge is -2.18. The van der Waals surface area contributed by atoms with Gasteiger partial charge in [-0.1, -0.05) is 37.3 Å². The van der Waals surface area contributed by atoms with E-state index in [-0.39, 0.29) is 5.56 Å². The molecule has 0 aliphatic heterocycles. The third-order valence-corrected chi connectivity index (χ3v) is 3.16. The van der Waals surface area contributed by atoms with Crippen molar-refractivity contribution in [2.24, 2.45) is 0 Å². The maximum Gasteiger partial charge on any atom is 0.331 e. The third kappa shape index (κ3) is 3.26. The summed E-state index contributed by atoms with van der Waals surface area (Å²) in [6, 6.07) is 8.30. The fourth-order valence-electron chi connectivity index (χ4n) is 2.09. The molecule has 0 fully saturated rings. The highest BCUT2D eigenvalue weighted by atomic mass is 19.3. The summed E-state index contributed by atoms with van der Waals surface area (Å²) in [6.07, 6.45) is 2.01. The number of halogens is 2. The molecule has 0 unspecified atom stereocenters. The van der Waals surface area contributed by atoms with Gasteiger partial charge in [0.15, 0.2) is 0 Å². The Kier molecular flexibility index (Phi) is 4.35. The maximum absolute atomic E-state index is 14.2. The van der Waals surface area contributed by atoms with Crippen LogP contribution in [-0.2, 0) is 19.0 Å². The first-order valence-corrected chi connectivity index (χ1v) is 6.69. The van der Waals surface area contributed by atoms with Crippen LogP contribution < -0.4 is 11.2 Å². The van der Waals surface area contributed by atoms with E-state index < -0.39 is 23.7 Å². The van der Waals surface area contributed by atoms with Crippen molar-refractivity contribution in [3.63, 3.8) is 0 Å². The normalized spacial score (nSPS) is 11.6. The summed E-state index contributed by atoms with van der Waals surface area (Å²) in [7, 11) is 0. The standard InChI is InChI=1S/C15H16F2N2O2/c1-2-9-18-10-8-13(20)19(14(18)21)11-15(16,17)12-6-4-3-5-7-12/h3-8,10H,2,9,11H2,1H3. The maximum atomic E-state index is 14.2. The summed E-state index contributed by atoms with van der Waals surface area (Å²) in [5.41, 5.74) is -1.65. The minimum Gasteiger partial charge on any atom is -0.300 e. The zero-order chi connectivity index (χ0) is 15.5. The molecule has 6 heteroatoms. The summed E-state index contributed by atoms with van der Waals surface area (Å²) in [6.45, 7) is 1.29. The monoisotopic (exact) mass is 294 g/mol. The Balaban J connectivity index is 2.42. The van der Waals surface area contributed by atoms with Crippen LogP contribution in [0.3, 0.4) is 0 Å². The molecule has 0 aliphatic rings. The van der Waals surface area contributed by atoms with Crippen molar-refractivity contribution in [2.75, 3.05) is 0 Å². The van der Waals surface area contributed by atoms with Gasteiger partial charge in [-0.2, -0.15) is 8.78 Å². The van der Waals surface area contributed by atoms with E-state index in [1.54, 1.807) is 6.07 Å². The average Bonchev–Trinajstić information content (AvgIpc) is 2.48. The molecular formula is C15H16F2N2O2. The lowest BCUT2D eigenvalue weighted by Crippen LogP contribution is -2.42. The fraction of sp³-hybridized carbons (Fsp3) is 0.333. The van der Waals surface area contributed by atoms with E-state index >= 15 is 0 Å². The number of aryl methyl sites for hydroxylation is 1. The fourth-order valence-corrected chi connectivity index (χ4v) is 2.09. The lowest BCUT2D eigenvalue weighted by atomic mass is 10.1. The van der Waals surface area contributed by atoms with E-state index in [0.717, 1.165) is 6.07 Å². The summed E-state index contributed by atoms with van der Waals surface area (Å²) in [5, 5.41) is 0. The minimum atomic E-state index is -3.28. The smallest absolute Gasteiger partial charge is 0.300 e. The molecular weight excluding hydrogens is 278 g/mol. The molecule has 4 nitrogen and oxygen atoms in total. The first-order chi connectivity index (χ1) is 9.95. The topological polar surface area (TPSA) is 44.0 Å². The van der Waals surface area contributed by atoms with Crippen molar-refractivity contribution in [3.8, 4) is 0 Å². The van der Waals surface area contributed by atoms with Gasteiger partial charge in [-0.05, 0) is 6.42 Å². The number of benzene rings is 1. The summed E-state index contributed by atoms with van der Waals surface area (Å²) < 4.78 is 30.3. The van der Waals surface area contributed by atoms with Gasteiger partial charge in [0.25, 0.3) is 11.5 Å². The van der Waals surface area contributed by atoms with Crippen LogP contribution in [0, 0.1) is 0 Å². The van der Waals surface area contributed by atoms with Crippen molar-refractivity contribution in [1.82, 2.24) is 9.13 Å². The first kappa shape index (κ1) is 15.2. The van der Waals surface area contributed by atoms with E-state index in [2.05, 4.69) is 0 Å². The number of hydrogen-bond acceptors (Lipinski definition) is 2. The molecule has 112 valence electrons. The van der Waals surface area contributed by atoms with Crippen molar-refractivity contribution >= 4 is 0 Å². The van der Waals surface area contributed by atoms with Gasteiger partial charge in [-0.25, -0.2) is 4.79 Å². The van der Waals surface area contributed by atoms with Crippen LogP contribution in [0.1, 0.15) is 18.9 Å². The highest BCUT2D eigenvalue weighted by molar-refractivity contribution is 5.19. The predicted octanol–water partition coefficient (Wildman–Crippen LogP) is 2.21. The molecule has 1 aromatic heterocycles. The van der Waals surface area contributed by atoms with Crippen LogP contribution in [0.4, 0.5) is 8.78 Å². The van der Waals surface area contributed by atoms with Crippen molar-refractivity contribution in [3.05, 3.63) is 69.0 Å². The molecule has 0 saturated heterocycles. The highest BCUT2D eigenvalue weighted by Crippen LogP contribution is 2.28. The first-order valence-electron chi connectivity index (χ1n) is 6.69. The molecule has 21 heavy (non-hydrogen) atoms. The van der Waals surface area contributed by atoms with Crippen molar-refractivity contribution in [1.29, 1.82) is 0 Å². The van der Waals surface area contributed by atoms with E-state index in [0.29, 0.717) is 17.5 Å². The number of nitrogens with zero attached hydrogens (tertiary/aromatic N) is 2. The second-order valence-corrected chi connectivity index (χ2v) is 4.79. The van der Waals surface area contributed by atoms with Crippen LogP contribution in [0.25, 0.3) is 0 Å². The molecule has 1 heterocycles. The number of alkyl halides is 2. The Bertz CT molecular complexity index is 720. The molecule has 1 aromatic carbocycles. The minimum absolute atomic E-state index is 0.220. The Labute approximate surface area is 120 Å². The lowest BCUT2D eigenvalue weighted by molar-refractivity contribution is -0.0246. The predicted molar refractivity (Wildman–Crippen MR) is 75.6 cm³/mol. The summed E-state index contributed by atoms with van der Waals surface area (Å²) in [4.78, 5) is 23.8. The number of aromatic nitrogens is 2. The Morgan fingerprint density at radius 1 is 1.10 bits per heavy atom. The molecule has 0 bridgehead atoms. The largest absolute Gasteiger partial charge is 0.331 e. The molecule has 0 amide bonds. The zero-order valence-electron chi connectivity index (χ0n) is 11.6. The summed E-state index contributed by atoms with van der Waals surface area (Å²) >= 11 is 0. The molecule has 0 spiro atoms. The highest BCUT2D eigenvalue weighted by Gasteiger charge is 2.33. The van der Waals surface area contributed by atoms with Crippen LogP contribution in [0.15, 0.2) is 52.2 Å². The summed E-state index contributed by atoms with van der Waals surface area (Å²) in [5.74, 6) is -3.28. The van der Waals surface area contributed by atoms with Gasteiger partial charge < -0.3 is 4.57 Å². The van der Waals surface area contributed by atoms with Crippen LogP contribution in [0.5, 0.6) is 0 Å². The van der Waals surface area contributed by atoms with Gasteiger partial charge in [0.1, 0.15) is 0 Å². The molecule has 0 aliphatic carbocycles. The average molecular weight is 294 g/mol. The van der Waals surface area contributed by atoms with Gasteiger partial charge in [-0.15, -0.1) is 0 Å². The SMILES string of the molecule is CCCn1ccc(=O)n(CC(F)(F)c2ccccc2)c1=O. The van der Waals surface area contributed by atoms with Gasteiger partial charge >= 0.3 is 5.69 Å². The number of hydrogen-bond donors (Lipinski definition) is 0. The van der Waals surface area contributed by atoms with Crippen LogP contribution in [-0.4, -0.2) is 9.13 Å². The molecule has 0 saturated carbocycles. The molecule has 0 atom stereocenters.